The quantitative estimate of drug-likeness (QED) is 0.214. The molecule has 156 valence electrons. The Balaban J connectivity index is 0.00000364. The Morgan fingerprint density at radius 3 is 2.59 bits per heavy atom. The van der Waals surface area contributed by atoms with Crippen LogP contribution in [0.25, 0.3) is 0 Å². The molecule has 0 aromatic carbocycles. The highest BCUT2D eigenvalue weighted by Gasteiger charge is 2.33. The third-order valence-corrected chi connectivity index (χ3v) is 6.48. The summed E-state index contributed by atoms with van der Waals surface area (Å²) in [6.45, 7) is 9.92. The maximum atomic E-state index is 5.61. The lowest BCUT2D eigenvalue weighted by atomic mass is 9.83. The Kier molecular flexibility index (Phi) is 11.8. The van der Waals surface area contributed by atoms with Crippen molar-refractivity contribution in [2.75, 3.05) is 33.4 Å². The lowest BCUT2D eigenvalue weighted by molar-refractivity contribution is 0.105. The van der Waals surface area contributed by atoms with Gasteiger partial charge in [-0.2, -0.15) is 0 Å². The lowest BCUT2D eigenvalue weighted by Crippen LogP contribution is -2.44. The summed E-state index contributed by atoms with van der Waals surface area (Å²) in [6.07, 6.45) is 8.37. The number of halogens is 1. The van der Waals surface area contributed by atoms with Crippen molar-refractivity contribution in [1.82, 2.24) is 15.6 Å². The molecule has 0 saturated heterocycles. The van der Waals surface area contributed by atoms with Crippen molar-refractivity contribution in [3.05, 3.63) is 15.6 Å². The van der Waals surface area contributed by atoms with E-state index in [4.69, 9.17) is 9.72 Å². The number of hydrogen-bond acceptors (Lipinski definition) is 4. The van der Waals surface area contributed by atoms with Gasteiger partial charge in [-0.25, -0.2) is 4.98 Å². The number of aliphatic imine (C=N–C) groups is 1. The van der Waals surface area contributed by atoms with Gasteiger partial charge in [-0.3, -0.25) is 4.99 Å². The van der Waals surface area contributed by atoms with Crippen LogP contribution in [0.2, 0.25) is 0 Å². The van der Waals surface area contributed by atoms with Gasteiger partial charge in [-0.1, -0.05) is 19.8 Å². The zero-order chi connectivity index (χ0) is 18.8. The minimum absolute atomic E-state index is 0. The summed E-state index contributed by atoms with van der Waals surface area (Å²) in [6, 6.07) is 0. The molecule has 0 radical (unpaired) electrons. The number of nitrogens with one attached hydrogen (secondary N) is 2. The van der Waals surface area contributed by atoms with E-state index in [1.54, 1.807) is 0 Å². The normalized spacial score (nSPS) is 16.2. The molecule has 5 nitrogen and oxygen atoms in total. The SMILES string of the molecule is CCOCCC1(CNC(=NC)NCCc2nc(CC)c(C)s2)CCCC1.I. The molecule has 1 saturated carbocycles. The molecule has 1 aliphatic rings. The van der Waals surface area contributed by atoms with Crippen LogP contribution in [0.4, 0.5) is 0 Å². The molecule has 1 aromatic heterocycles. The summed E-state index contributed by atoms with van der Waals surface area (Å²) >= 11 is 1.82. The van der Waals surface area contributed by atoms with E-state index in [2.05, 4.69) is 36.4 Å². The molecule has 27 heavy (non-hydrogen) atoms. The van der Waals surface area contributed by atoms with E-state index in [-0.39, 0.29) is 24.0 Å². The Hall–Kier alpha value is -0.410. The fourth-order valence-corrected chi connectivity index (χ4v) is 4.80. The number of ether oxygens (including phenoxy) is 1. The smallest absolute Gasteiger partial charge is 0.191 e. The highest BCUT2D eigenvalue weighted by atomic mass is 127. The van der Waals surface area contributed by atoms with E-state index in [1.807, 2.05) is 18.4 Å². The molecule has 2 rings (SSSR count). The summed E-state index contributed by atoms with van der Waals surface area (Å²) in [4.78, 5) is 10.5. The Labute approximate surface area is 186 Å². The summed E-state index contributed by atoms with van der Waals surface area (Å²) in [5.41, 5.74) is 1.61. The van der Waals surface area contributed by atoms with Gasteiger partial charge in [0.2, 0.25) is 0 Å². The second-order valence-electron chi connectivity index (χ2n) is 7.22. The molecule has 1 aromatic rings. The van der Waals surface area contributed by atoms with E-state index in [0.29, 0.717) is 5.41 Å². The largest absolute Gasteiger partial charge is 0.382 e. The number of aromatic nitrogens is 1. The monoisotopic (exact) mass is 508 g/mol. The van der Waals surface area contributed by atoms with Crippen molar-refractivity contribution >= 4 is 41.3 Å². The van der Waals surface area contributed by atoms with Gasteiger partial charge in [0, 0.05) is 44.6 Å². The highest BCUT2D eigenvalue weighted by Crippen LogP contribution is 2.40. The zero-order valence-corrected chi connectivity index (χ0v) is 20.5. The maximum absolute atomic E-state index is 5.61. The zero-order valence-electron chi connectivity index (χ0n) is 17.4. The molecule has 1 fully saturated rings. The number of nitrogens with zero attached hydrogens (tertiary/aromatic N) is 2. The number of thiazole rings is 1. The van der Waals surface area contributed by atoms with E-state index < -0.39 is 0 Å². The van der Waals surface area contributed by atoms with E-state index >= 15 is 0 Å². The van der Waals surface area contributed by atoms with Crippen LogP contribution in [0.15, 0.2) is 4.99 Å². The Morgan fingerprint density at radius 2 is 2.00 bits per heavy atom. The van der Waals surface area contributed by atoms with Crippen LogP contribution in [-0.2, 0) is 17.6 Å². The summed E-state index contributed by atoms with van der Waals surface area (Å²) in [5, 5.41) is 8.22. The lowest BCUT2D eigenvalue weighted by Gasteiger charge is -2.30. The molecular weight excluding hydrogens is 471 g/mol. The topological polar surface area (TPSA) is 58.5 Å². The van der Waals surface area contributed by atoms with Crippen molar-refractivity contribution in [3.63, 3.8) is 0 Å². The van der Waals surface area contributed by atoms with Crippen LogP contribution in [0.3, 0.4) is 0 Å². The van der Waals surface area contributed by atoms with E-state index in [9.17, 15) is 0 Å². The van der Waals surface area contributed by atoms with Crippen molar-refractivity contribution in [2.24, 2.45) is 10.4 Å². The van der Waals surface area contributed by atoms with Gasteiger partial charge in [0.25, 0.3) is 0 Å². The summed E-state index contributed by atoms with van der Waals surface area (Å²) in [5.74, 6) is 0.900. The predicted molar refractivity (Wildman–Crippen MR) is 127 cm³/mol. The molecule has 2 N–H and O–H groups in total. The third kappa shape index (κ3) is 7.85. The number of hydrogen-bond donors (Lipinski definition) is 2. The highest BCUT2D eigenvalue weighted by molar-refractivity contribution is 14.0. The number of aryl methyl sites for hydroxylation is 2. The van der Waals surface area contributed by atoms with Crippen molar-refractivity contribution in [1.29, 1.82) is 0 Å². The molecule has 0 bridgehead atoms. The minimum Gasteiger partial charge on any atom is -0.382 e. The molecule has 0 aliphatic heterocycles. The Morgan fingerprint density at radius 1 is 1.26 bits per heavy atom. The van der Waals surface area contributed by atoms with Gasteiger partial charge in [-0.15, -0.1) is 35.3 Å². The fourth-order valence-electron chi connectivity index (χ4n) is 3.78. The average molecular weight is 509 g/mol. The molecule has 0 spiro atoms. The van der Waals surface area contributed by atoms with Gasteiger partial charge < -0.3 is 15.4 Å². The fraction of sp³-hybridized carbons (Fsp3) is 0.800. The maximum Gasteiger partial charge on any atom is 0.191 e. The van der Waals surface area contributed by atoms with E-state index in [1.165, 1.54) is 41.3 Å². The number of rotatable bonds is 10. The van der Waals surface area contributed by atoms with Gasteiger partial charge >= 0.3 is 0 Å². The molecule has 0 unspecified atom stereocenters. The molecule has 7 heteroatoms. The third-order valence-electron chi connectivity index (χ3n) is 5.40. The van der Waals surface area contributed by atoms with E-state index in [0.717, 1.165) is 51.5 Å². The van der Waals surface area contributed by atoms with Crippen LogP contribution >= 0.6 is 35.3 Å². The van der Waals surface area contributed by atoms with Gasteiger partial charge in [0.05, 0.1) is 10.7 Å². The predicted octanol–water partition coefficient (Wildman–Crippen LogP) is 4.33. The van der Waals surface area contributed by atoms with Crippen molar-refractivity contribution < 1.29 is 4.74 Å². The second-order valence-corrected chi connectivity index (χ2v) is 8.51. The van der Waals surface area contributed by atoms with Gasteiger partial charge in [0.1, 0.15) is 0 Å². The first-order valence-corrected chi connectivity index (χ1v) is 10.9. The van der Waals surface area contributed by atoms with Crippen LogP contribution in [0.1, 0.15) is 61.5 Å². The van der Waals surface area contributed by atoms with Gasteiger partial charge in [-0.05, 0) is 44.9 Å². The Bertz CT molecular complexity index is 570. The summed E-state index contributed by atoms with van der Waals surface area (Å²) < 4.78 is 5.61. The molecular formula is C20H37IN4OS. The summed E-state index contributed by atoms with van der Waals surface area (Å²) in [7, 11) is 1.85. The average Bonchev–Trinajstić information content (AvgIpc) is 3.25. The molecule has 1 heterocycles. The van der Waals surface area contributed by atoms with Crippen LogP contribution in [-0.4, -0.2) is 44.3 Å². The first-order chi connectivity index (χ1) is 12.6. The first kappa shape index (κ1) is 24.6. The molecule has 0 atom stereocenters. The van der Waals surface area contributed by atoms with Gasteiger partial charge in [0.15, 0.2) is 5.96 Å². The molecule has 0 amide bonds. The first-order valence-electron chi connectivity index (χ1n) is 10.1. The standard InChI is InChI=1S/C20H36N4OS.HI/c1-5-17-16(3)26-18(24-17)9-13-22-19(21-4)23-15-20(10-7-8-11-20)12-14-25-6-2;/h5-15H2,1-4H3,(H2,21,22,23);1H. The second kappa shape index (κ2) is 12.9. The van der Waals surface area contributed by atoms with Crippen molar-refractivity contribution in [2.45, 2.75) is 65.7 Å². The minimum atomic E-state index is 0. The van der Waals surface area contributed by atoms with Crippen molar-refractivity contribution in [3.8, 4) is 0 Å². The number of guanidine groups is 1. The van der Waals surface area contributed by atoms with Crippen LogP contribution in [0, 0.1) is 12.3 Å². The van der Waals surface area contributed by atoms with Crippen LogP contribution in [0.5, 0.6) is 0 Å². The van der Waals surface area contributed by atoms with Crippen LogP contribution < -0.4 is 10.6 Å². The molecule has 1 aliphatic carbocycles.